The lowest BCUT2D eigenvalue weighted by Crippen LogP contribution is -2.47. The molecule has 82 valence electrons. The summed E-state index contributed by atoms with van der Waals surface area (Å²) in [5.74, 6) is 0.184. The van der Waals surface area contributed by atoms with Crippen LogP contribution in [0.15, 0.2) is 18.7 Å². The van der Waals surface area contributed by atoms with Gasteiger partial charge in [-0.1, -0.05) is 6.92 Å². The van der Waals surface area contributed by atoms with Gasteiger partial charge in [0.05, 0.1) is 11.1 Å². The minimum Gasteiger partial charge on any atom is -0.346 e. The van der Waals surface area contributed by atoms with Crippen LogP contribution in [0.4, 0.5) is 0 Å². The number of nitrogens with zero attached hydrogens (tertiary/aromatic N) is 2. The van der Waals surface area contributed by atoms with Gasteiger partial charge >= 0.3 is 0 Å². The van der Waals surface area contributed by atoms with Crippen LogP contribution in [0, 0.1) is 0 Å². The van der Waals surface area contributed by atoms with Gasteiger partial charge in [0.25, 0.3) is 5.91 Å². The van der Waals surface area contributed by atoms with Crippen LogP contribution in [-0.4, -0.2) is 27.3 Å². The van der Waals surface area contributed by atoms with E-state index in [1.807, 2.05) is 13.8 Å². The SMILES string of the molecule is CCC(C)(CCl)NC(=O)c1cncnc1. The molecule has 1 N–H and O–H groups in total. The summed E-state index contributed by atoms with van der Waals surface area (Å²) >= 11 is 5.79. The average molecular weight is 228 g/mol. The second-order valence-electron chi connectivity index (χ2n) is 3.63. The molecule has 0 fully saturated rings. The molecule has 0 spiro atoms. The van der Waals surface area contributed by atoms with Crippen LogP contribution in [-0.2, 0) is 0 Å². The van der Waals surface area contributed by atoms with Gasteiger partial charge in [0.2, 0.25) is 0 Å². The molecule has 4 nitrogen and oxygen atoms in total. The summed E-state index contributed by atoms with van der Waals surface area (Å²) in [6.07, 6.45) is 5.12. The highest BCUT2D eigenvalue weighted by molar-refractivity contribution is 6.18. The molecule has 0 aliphatic carbocycles. The van der Waals surface area contributed by atoms with Crippen molar-refractivity contribution in [3.63, 3.8) is 0 Å². The van der Waals surface area contributed by atoms with E-state index in [-0.39, 0.29) is 11.4 Å². The highest BCUT2D eigenvalue weighted by Crippen LogP contribution is 2.12. The quantitative estimate of drug-likeness (QED) is 0.796. The Kier molecular flexibility index (Phi) is 4.03. The first-order valence-corrected chi connectivity index (χ1v) is 5.28. The molecule has 15 heavy (non-hydrogen) atoms. The maximum Gasteiger partial charge on any atom is 0.254 e. The summed E-state index contributed by atoms with van der Waals surface area (Å²) < 4.78 is 0. The Morgan fingerprint density at radius 3 is 2.60 bits per heavy atom. The molecule has 5 heteroatoms. The molecule has 0 aliphatic heterocycles. The Bertz CT molecular complexity index is 325. The second-order valence-corrected chi connectivity index (χ2v) is 3.90. The first-order chi connectivity index (χ1) is 7.11. The Morgan fingerprint density at radius 2 is 2.13 bits per heavy atom. The molecule has 1 atom stereocenters. The maximum absolute atomic E-state index is 11.7. The van der Waals surface area contributed by atoms with Crippen LogP contribution in [0.2, 0.25) is 0 Å². The van der Waals surface area contributed by atoms with E-state index in [2.05, 4.69) is 15.3 Å². The van der Waals surface area contributed by atoms with Gasteiger partial charge in [-0.2, -0.15) is 0 Å². The highest BCUT2D eigenvalue weighted by Gasteiger charge is 2.23. The van der Waals surface area contributed by atoms with Crippen molar-refractivity contribution >= 4 is 17.5 Å². The van der Waals surface area contributed by atoms with Crippen molar-refractivity contribution in [2.45, 2.75) is 25.8 Å². The number of aromatic nitrogens is 2. The third-order valence-corrected chi connectivity index (χ3v) is 2.90. The number of carbonyl (C=O) groups is 1. The second kappa shape index (κ2) is 5.07. The van der Waals surface area contributed by atoms with Crippen molar-refractivity contribution in [2.75, 3.05) is 5.88 Å². The normalized spacial score (nSPS) is 14.3. The summed E-state index contributed by atoms with van der Waals surface area (Å²) in [4.78, 5) is 19.3. The number of halogens is 1. The summed E-state index contributed by atoms with van der Waals surface area (Å²) in [6.45, 7) is 3.88. The van der Waals surface area contributed by atoms with E-state index in [9.17, 15) is 4.79 Å². The van der Waals surface area contributed by atoms with Gasteiger partial charge in [0, 0.05) is 18.3 Å². The lowest BCUT2D eigenvalue weighted by molar-refractivity contribution is 0.0911. The zero-order chi connectivity index (χ0) is 11.3. The molecule has 1 aromatic rings. The van der Waals surface area contributed by atoms with Crippen LogP contribution < -0.4 is 5.32 Å². The molecule has 1 rings (SSSR count). The number of alkyl halides is 1. The van der Waals surface area contributed by atoms with Crippen LogP contribution in [0.25, 0.3) is 0 Å². The lowest BCUT2D eigenvalue weighted by atomic mass is 10.0. The number of rotatable bonds is 4. The van der Waals surface area contributed by atoms with Crippen LogP contribution in [0.1, 0.15) is 30.6 Å². The van der Waals surface area contributed by atoms with Gasteiger partial charge in [-0.3, -0.25) is 4.79 Å². The van der Waals surface area contributed by atoms with Gasteiger partial charge in [-0.15, -0.1) is 11.6 Å². The van der Waals surface area contributed by atoms with Crippen LogP contribution in [0.3, 0.4) is 0 Å². The maximum atomic E-state index is 11.7. The fraction of sp³-hybridized carbons (Fsp3) is 0.500. The molecule has 0 bridgehead atoms. The molecule has 1 amide bonds. The van der Waals surface area contributed by atoms with E-state index in [1.54, 1.807) is 0 Å². The zero-order valence-corrected chi connectivity index (χ0v) is 9.58. The fourth-order valence-corrected chi connectivity index (χ4v) is 1.23. The molecule has 0 saturated carbocycles. The number of hydrogen-bond acceptors (Lipinski definition) is 3. The van der Waals surface area contributed by atoms with Gasteiger partial charge < -0.3 is 5.32 Å². The number of amides is 1. The minimum absolute atomic E-state index is 0.194. The molecule has 1 heterocycles. The van der Waals surface area contributed by atoms with Gasteiger partial charge in [0.15, 0.2) is 0 Å². The van der Waals surface area contributed by atoms with E-state index in [0.717, 1.165) is 6.42 Å². The number of carbonyl (C=O) groups excluding carboxylic acids is 1. The molecule has 0 radical (unpaired) electrons. The van der Waals surface area contributed by atoms with Crippen LogP contribution in [0.5, 0.6) is 0 Å². The first kappa shape index (κ1) is 11.9. The third kappa shape index (κ3) is 3.16. The molecule has 0 saturated heterocycles. The number of hydrogen-bond donors (Lipinski definition) is 1. The summed E-state index contributed by atoms with van der Waals surface area (Å²) in [7, 11) is 0. The highest BCUT2D eigenvalue weighted by atomic mass is 35.5. The van der Waals surface area contributed by atoms with Crippen molar-refractivity contribution in [2.24, 2.45) is 0 Å². The molecule has 1 unspecified atom stereocenters. The molecular formula is C10H14ClN3O. The largest absolute Gasteiger partial charge is 0.346 e. The Hall–Kier alpha value is -1.16. The van der Waals surface area contributed by atoms with Gasteiger partial charge in [-0.25, -0.2) is 9.97 Å². The third-order valence-electron chi connectivity index (χ3n) is 2.31. The summed E-state index contributed by atoms with van der Waals surface area (Å²) in [5, 5.41) is 2.86. The van der Waals surface area contributed by atoms with Gasteiger partial charge in [-0.05, 0) is 13.3 Å². The first-order valence-electron chi connectivity index (χ1n) is 4.75. The Balaban J connectivity index is 2.72. The van der Waals surface area contributed by atoms with E-state index in [1.165, 1.54) is 18.7 Å². The van der Waals surface area contributed by atoms with Crippen molar-refractivity contribution in [3.05, 3.63) is 24.3 Å². The Morgan fingerprint density at radius 1 is 1.53 bits per heavy atom. The van der Waals surface area contributed by atoms with Crippen molar-refractivity contribution in [1.82, 2.24) is 15.3 Å². The molecule has 0 aliphatic rings. The lowest BCUT2D eigenvalue weighted by Gasteiger charge is -2.26. The minimum atomic E-state index is -0.380. The van der Waals surface area contributed by atoms with Crippen molar-refractivity contribution in [1.29, 1.82) is 0 Å². The van der Waals surface area contributed by atoms with E-state index >= 15 is 0 Å². The van der Waals surface area contributed by atoms with Crippen LogP contribution >= 0.6 is 11.6 Å². The monoisotopic (exact) mass is 227 g/mol. The molecule has 1 aromatic heterocycles. The molecule has 0 aromatic carbocycles. The predicted molar refractivity (Wildman–Crippen MR) is 58.9 cm³/mol. The van der Waals surface area contributed by atoms with Crippen molar-refractivity contribution < 1.29 is 4.79 Å². The van der Waals surface area contributed by atoms with Crippen molar-refractivity contribution in [3.8, 4) is 0 Å². The summed E-state index contributed by atoms with van der Waals surface area (Å²) in [6, 6.07) is 0. The van der Waals surface area contributed by atoms with E-state index in [0.29, 0.717) is 11.4 Å². The predicted octanol–water partition coefficient (Wildman–Crippen LogP) is 1.61. The fourth-order valence-electron chi connectivity index (χ4n) is 0.979. The zero-order valence-electron chi connectivity index (χ0n) is 8.83. The Labute approximate surface area is 94.1 Å². The standard InChI is InChI=1S/C10H14ClN3O/c1-3-10(2,6-11)14-9(15)8-4-12-7-13-5-8/h4-5,7H,3,6H2,1-2H3,(H,14,15). The van der Waals surface area contributed by atoms with Gasteiger partial charge in [0.1, 0.15) is 6.33 Å². The smallest absolute Gasteiger partial charge is 0.254 e. The van der Waals surface area contributed by atoms with E-state index in [4.69, 9.17) is 11.6 Å². The molecular weight excluding hydrogens is 214 g/mol. The topological polar surface area (TPSA) is 54.9 Å². The number of nitrogens with one attached hydrogen (secondary N) is 1. The van der Waals surface area contributed by atoms with E-state index < -0.39 is 0 Å². The average Bonchev–Trinajstić information content (AvgIpc) is 2.30. The summed E-state index contributed by atoms with van der Waals surface area (Å²) in [5.41, 5.74) is 0.0661.